The van der Waals surface area contributed by atoms with Gasteiger partial charge < -0.3 is 5.11 Å². The van der Waals surface area contributed by atoms with Crippen LogP contribution in [0.25, 0.3) is 0 Å². The molecule has 0 saturated heterocycles. The van der Waals surface area contributed by atoms with Crippen molar-refractivity contribution in [1.82, 2.24) is 9.71 Å². The Balaban J connectivity index is 2.86. The molecule has 0 aromatic carbocycles. The first-order valence-corrected chi connectivity index (χ1v) is 6.14. The molecule has 0 bridgehead atoms. The van der Waals surface area contributed by atoms with E-state index in [-0.39, 0.29) is 11.6 Å². The lowest BCUT2D eigenvalue weighted by atomic mass is 10.3. The Labute approximate surface area is 89.2 Å². The zero-order chi connectivity index (χ0) is 11.3. The van der Waals surface area contributed by atoms with E-state index in [9.17, 15) is 8.42 Å². The van der Waals surface area contributed by atoms with Crippen molar-refractivity contribution in [2.45, 2.75) is 25.0 Å². The van der Waals surface area contributed by atoms with Crippen LogP contribution in [0.1, 0.15) is 18.9 Å². The fourth-order valence-corrected chi connectivity index (χ4v) is 2.03. The second kappa shape index (κ2) is 5.20. The second-order valence-corrected chi connectivity index (χ2v) is 4.77. The zero-order valence-corrected chi connectivity index (χ0v) is 9.29. The van der Waals surface area contributed by atoms with Crippen molar-refractivity contribution in [3.63, 3.8) is 0 Å². The number of hydrogen-bond donors (Lipinski definition) is 2. The van der Waals surface area contributed by atoms with Gasteiger partial charge in [-0.3, -0.25) is 0 Å². The minimum absolute atomic E-state index is 0.0202. The average Bonchev–Trinajstić information content (AvgIpc) is 2.26. The molecule has 1 rings (SSSR count). The van der Waals surface area contributed by atoms with Gasteiger partial charge in [0.25, 0.3) is 10.0 Å². The minimum atomic E-state index is -3.49. The Hall–Kier alpha value is -0.980. The summed E-state index contributed by atoms with van der Waals surface area (Å²) in [5.41, 5.74) is 0.587. The molecule has 0 saturated carbocycles. The third-order valence-electron chi connectivity index (χ3n) is 1.80. The van der Waals surface area contributed by atoms with Gasteiger partial charge >= 0.3 is 0 Å². The molecule has 1 aromatic rings. The first kappa shape index (κ1) is 12.1. The number of pyridine rings is 1. The maximum absolute atomic E-state index is 11.6. The lowest BCUT2D eigenvalue weighted by Crippen LogP contribution is -2.25. The highest BCUT2D eigenvalue weighted by Crippen LogP contribution is 2.06. The van der Waals surface area contributed by atoms with E-state index in [1.165, 1.54) is 18.3 Å². The molecule has 0 fully saturated rings. The highest BCUT2D eigenvalue weighted by molar-refractivity contribution is 7.89. The molecule has 1 heterocycles. The van der Waals surface area contributed by atoms with Crippen LogP contribution >= 0.6 is 0 Å². The van der Waals surface area contributed by atoms with Crippen LogP contribution in [0.4, 0.5) is 0 Å². The fraction of sp³-hybridized carbons (Fsp3) is 0.444. The molecule has 6 heteroatoms. The second-order valence-electron chi connectivity index (χ2n) is 3.06. The third kappa shape index (κ3) is 3.26. The molecule has 0 spiro atoms. The van der Waals surface area contributed by atoms with Crippen LogP contribution in [-0.4, -0.2) is 25.1 Å². The summed E-state index contributed by atoms with van der Waals surface area (Å²) in [5, 5.41) is 8.75. The van der Waals surface area contributed by atoms with Gasteiger partial charge in [-0.25, -0.2) is 18.1 Å². The highest BCUT2D eigenvalue weighted by Gasteiger charge is 2.13. The van der Waals surface area contributed by atoms with Gasteiger partial charge in [-0.1, -0.05) is 13.0 Å². The first-order chi connectivity index (χ1) is 7.10. The van der Waals surface area contributed by atoms with Crippen molar-refractivity contribution >= 4 is 10.0 Å². The van der Waals surface area contributed by atoms with Gasteiger partial charge in [-0.05, 0) is 18.1 Å². The monoisotopic (exact) mass is 230 g/mol. The summed E-state index contributed by atoms with van der Waals surface area (Å²) in [4.78, 5) is 3.76. The van der Waals surface area contributed by atoms with E-state index < -0.39 is 10.0 Å². The van der Waals surface area contributed by atoms with Gasteiger partial charge in [-0.2, -0.15) is 0 Å². The number of aromatic nitrogens is 1. The Morgan fingerprint density at radius 3 is 2.67 bits per heavy atom. The summed E-state index contributed by atoms with van der Waals surface area (Å²) in [6.45, 7) is 2.13. The lowest BCUT2D eigenvalue weighted by molar-refractivity contribution is 0.281. The number of hydrogen-bond acceptors (Lipinski definition) is 4. The van der Waals surface area contributed by atoms with Crippen molar-refractivity contribution in [3.05, 3.63) is 23.9 Å². The zero-order valence-electron chi connectivity index (χ0n) is 8.47. The van der Waals surface area contributed by atoms with E-state index in [0.717, 1.165) is 6.42 Å². The minimum Gasteiger partial charge on any atom is -0.392 e. The Morgan fingerprint density at radius 1 is 1.47 bits per heavy atom. The smallest absolute Gasteiger partial charge is 0.258 e. The van der Waals surface area contributed by atoms with E-state index in [1.807, 2.05) is 6.92 Å². The van der Waals surface area contributed by atoms with Gasteiger partial charge in [0.1, 0.15) is 0 Å². The predicted octanol–water partition coefficient (Wildman–Crippen LogP) is 0.262. The molecule has 0 amide bonds. The summed E-state index contributed by atoms with van der Waals surface area (Å²) in [6.07, 6.45) is 2.08. The molecular formula is C9H14N2O3S. The molecule has 0 aliphatic heterocycles. The standard InChI is InChI=1S/C9H14N2O3S/c1-2-5-11-15(13,14)9-4-3-8(7-12)6-10-9/h3-4,6,11-12H,2,5,7H2,1H3. The number of nitrogens with one attached hydrogen (secondary N) is 1. The summed E-state index contributed by atoms with van der Waals surface area (Å²) in [5.74, 6) is 0. The van der Waals surface area contributed by atoms with Crippen molar-refractivity contribution in [3.8, 4) is 0 Å². The average molecular weight is 230 g/mol. The SMILES string of the molecule is CCCNS(=O)(=O)c1ccc(CO)cn1. The van der Waals surface area contributed by atoms with Crippen molar-refractivity contribution in [1.29, 1.82) is 0 Å². The fourth-order valence-electron chi connectivity index (χ4n) is 0.974. The quantitative estimate of drug-likeness (QED) is 0.760. The van der Waals surface area contributed by atoms with Gasteiger partial charge in [0.05, 0.1) is 6.61 Å². The van der Waals surface area contributed by atoms with Crippen molar-refractivity contribution in [2.24, 2.45) is 0 Å². The molecule has 0 aliphatic rings. The largest absolute Gasteiger partial charge is 0.392 e. The van der Waals surface area contributed by atoms with E-state index in [1.54, 1.807) is 0 Å². The third-order valence-corrected chi connectivity index (χ3v) is 3.17. The highest BCUT2D eigenvalue weighted by atomic mass is 32.2. The number of nitrogens with zero attached hydrogens (tertiary/aromatic N) is 1. The van der Waals surface area contributed by atoms with Gasteiger partial charge in [0.15, 0.2) is 5.03 Å². The number of aliphatic hydroxyl groups is 1. The molecular weight excluding hydrogens is 216 g/mol. The number of rotatable bonds is 5. The number of aliphatic hydroxyl groups excluding tert-OH is 1. The molecule has 84 valence electrons. The molecule has 0 atom stereocenters. The van der Waals surface area contributed by atoms with Gasteiger partial charge in [-0.15, -0.1) is 0 Å². The molecule has 15 heavy (non-hydrogen) atoms. The van der Waals surface area contributed by atoms with Crippen LogP contribution < -0.4 is 4.72 Å². The Morgan fingerprint density at radius 2 is 2.20 bits per heavy atom. The predicted molar refractivity (Wildman–Crippen MR) is 55.6 cm³/mol. The molecule has 1 aromatic heterocycles. The van der Waals surface area contributed by atoms with Crippen LogP contribution in [0, 0.1) is 0 Å². The summed E-state index contributed by atoms with van der Waals surface area (Å²) < 4.78 is 25.5. The molecule has 2 N–H and O–H groups in total. The Kier molecular flexibility index (Phi) is 4.19. The summed E-state index contributed by atoms with van der Waals surface area (Å²) >= 11 is 0. The summed E-state index contributed by atoms with van der Waals surface area (Å²) in [7, 11) is -3.49. The van der Waals surface area contributed by atoms with Crippen LogP contribution in [0.15, 0.2) is 23.4 Å². The molecule has 0 unspecified atom stereocenters. The maximum atomic E-state index is 11.6. The lowest BCUT2D eigenvalue weighted by Gasteiger charge is -2.04. The van der Waals surface area contributed by atoms with Crippen LogP contribution in [0.2, 0.25) is 0 Å². The van der Waals surface area contributed by atoms with Crippen LogP contribution in [0.5, 0.6) is 0 Å². The Bertz CT molecular complexity index is 400. The van der Waals surface area contributed by atoms with E-state index in [2.05, 4.69) is 9.71 Å². The van der Waals surface area contributed by atoms with Crippen LogP contribution in [0.3, 0.4) is 0 Å². The molecule has 5 nitrogen and oxygen atoms in total. The van der Waals surface area contributed by atoms with Gasteiger partial charge in [0, 0.05) is 12.7 Å². The molecule has 0 radical (unpaired) electrons. The molecule has 0 aliphatic carbocycles. The summed E-state index contributed by atoms with van der Waals surface area (Å²) in [6, 6.07) is 2.91. The number of sulfonamides is 1. The van der Waals surface area contributed by atoms with Crippen LogP contribution in [-0.2, 0) is 16.6 Å². The maximum Gasteiger partial charge on any atom is 0.258 e. The first-order valence-electron chi connectivity index (χ1n) is 4.65. The van der Waals surface area contributed by atoms with E-state index >= 15 is 0 Å². The topological polar surface area (TPSA) is 79.3 Å². The van der Waals surface area contributed by atoms with Crippen molar-refractivity contribution < 1.29 is 13.5 Å². The van der Waals surface area contributed by atoms with Crippen molar-refractivity contribution in [2.75, 3.05) is 6.54 Å². The van der Waals surface area contributed by atoms with E-state index in [4.69, 9.17) is 5.11 Å². The van der Waals surface area contributed by atoms with Gasteiger partial charge in [0.2, 0.25) is 0 Å². The normalized spacial score (nSPS) is 11.6. The van der Waals surface area contributed by atoms with E-state index in [0.29, 0.717) is 12.1 Å².